The van der Waals surface area contributed by atoms with E-state index >= 15 is 0 Å². The molecule has 0 fully saturated rings. The van der Waals surface area contributed by atoms with Crippen LogP contribution >= 0.6 is 0 Å². The number of nitrogens with one attached hydrogen (secondary N) is 1. The van der Waals surface area contributed by atoms with E-state index in [0.29, 0.717) is 42.5 Å². The van der Waals surface area contributed by atoms with Crippen LogP contribution in [0.3, 0.4) is 0 Å². The molecule has 1 aromatic heterocycles. The third-order valence-electron chi connectivity index (χ3n) is 3.88. The molecule has 1 N–H and O–H groups in total. The van der Waals surface area contributed by atoms with Crippen molar-refractivity contribution in [2.24, 2.45) is 0 Å². The molecule has 1 aromatic carbocycles. The molecule has 1 aliphatic heterocycles. The lowest BCUT2D eigenvalue weighted by molar-refractivity contribution is 0.0563. The second-order valence-electron chi connectivity index (χ2n) is 5.53. The molecule has 0 saturated heterocycles. The van der Waals surface area contributed by atoms with Gasteiger partial charge in [-0.2, -0.15) is 0 Å². The molecule has 140 valence electrons. The van der Waals surface area contributed by atoms with Crippen LogP contribution in [0.25, 0.3) is 0 Å². The van der Waals surface area contributed by atoms with Crippen molar-refractivity contribution < 1.29 is 31.8 Å². The maximum atomic E-state index is 12.6. The molecule has 8 nitrogen and oxygen atoms in total. The lowest BCUT2D eigenvalue weighted by Crippen LogP contribution is -2.24. The van der Waals surface area contributed by atoms with E-state index in [1.54, 1.807) is 6.07 Å². The molecule has 1 aliphatic rings. The summed E-state index contributed by atoms with van der Waals surface area (Å²) in [5.41, 5.74) is 0.578. The number of sulfonamides is 1. The molecule has 2 aromatic rings. The molecule has 3 rings (SSSR count). The minimum atomic E-state index is -3.78. The van der Waals surface area contributed by atoms with Gasteiger partial charge in [-0.15, -0.1) is 0 Å². The van der Waals surface area contributed by atoms with Crippen molar-refractivity contribution in [3.05, 3.63) is 41.3 Å². The molecule has 0 radical (unpaired) electrons. The Balaban J connectivity index is 1.78. The smallest absolute Gasteiger partial charge is 0.373 e. The minimum Gasteiger partial charge on any atom is -0.486 e. The van der Waals surface area contributed by atoms with Crippen molar-refractivity contribution in [1.29, 1.82) is 0 Å². The molecule has 9 heteroatoms. The fourth-order valence-electron chi connectivity index (χ4n) is 2.56. The number of hydrogen-bond donors (Lipinski definition) is 1. The highest BCUT2D eigenvalue weighted by Gasteiger charge is 2.21. The Kier molecular flexibility index (Phi) is 5.19. The zero-order chi connectivity index (χ0) is 18.7. The molecular formula is C17H19NO7S. The van der Waals surface area contributed by atoms with Gasteiger partial charge >= 0.3 is 5.97 Å². The predicted molar refractivity (Wildman–Crippen MR) is 90.9 cm³/mol. The lowest BCUT2D eigenvalue weighted by atomic mass is 10.2. The lowest BCUT2D eigenvalue weighted by Gasteiger charge is -2.18. The summed E-state index contributed by atoms with van der Waals surface area (Å²) in [4.78, 5) is 11.6. The van der Waals surface area contributed by atoms with Gasteiger partial charge in [0.2, 0.25) is 15.8 Å². The summed E-state index contributed by atoms with van der Waals surface area (Å²) in [6, 6.07) is 5.92. The van der Waals surface area contributed by atoms with Crippen LogP contribution in [0.4, 0.5) is 0 Å². The van der Waals surface area contributed by atoms with E-state index in [1.165, 1.54) is 25.3 Å². The predicted octanol–water partition coefficient (Wildman–Crippen LogP) is 1.88. The zero-order valence-corrected chi connectivity index (χ0v) is 15.2. The van der Waals surface area contributed by atoms with Crippen LogP contribution in [0.5, 0.6) is 11.5 Å². The van der Waals surface area contributed by atoms with E-state index in [1.807, 2.05) is 6.92 Å². The van der Waals surface area contributed by atoms with Gasteiger partial charge < -0.3 is 18.6 Å². The number of furan rings is 1. The SMILES string of the molecule is CCc1oc(C(=O)OC)cc1CNS(=O)(=O)c1ccc2c(c1)OCCO2. The van der Waals surface area contributed by atoms with Crippen molar-refractivity contribution in [1.82, 2.24) is 4.72 Å². The van der Waals surface area contributed by atoms with Crippen LogP contribution in [0, 0.1) is 0 Å². The normalized spacial score (nSPS) is 13.5. The first-order valence-electron chi connectivity index (χ1n) is 8.04. The van der Waals surface area contributed by atoms with Crippen molar-refractivity contribution >= 4 is 16.0 Å². The number of fused-ring (bicyclic) bond motifs is 1. The van der Waals surface area contributed by atoms with E-state index < -0.39 is 16.0 Å². The van der Waals surface area contributed by atoms with Gasteiger partial charge in [0.05, 0.1) is 12.0 Å². The van der Waals surface area contributed by atoms with Gasteiger partial charge in [-0.25, -0.2) is 17.9 Å². The summed E-state index contributed by atoms with van der Waals surface area (Å²) in [5.74, 6) is 0.861. The van der Waals surface area contributed by atoms with E-state index in [9.17, 15) is 13.2 Å². The van der Waals surface area contributed by atoms with E-state index in [2.05, 4.69) is 9.46 Å². The zero-order valence-electron chi connectivity index (χ0n) is 14.4. The average Bonchev–Trinajstić information content (AvgIpc) is 3.08. The monoisotopic (exact) mass is 381 g/mol. The van der Waals surface area contributed by atoms with Crippen molar-refractivity contribution in [2.45, 2.75) is 24.8 Å². The number of aryl methyl sites for hydroxylation is 1. The topological polar surface area (TPSA) is 104 Å². The Morgan fingerprint density at radius 3 is 2.62 bits per heavy atom. The highest BCUT2D eigenvalue weighted by Crippen LogP contribution is 2.32. The van der Waals surface area contributed by atoms with Crippen LogP contribution in [0.1, 0.15) is 28.8 Å². The number of methoxy groups -OCH3 is 1. The summed E-state index contributed by atoms with van der Waals surface area (Å²) >= 11 is 0. The average molecular weight is 381 g/mol. The second-order valence-corrected chi connectivity index (χ2v) is 7.30. The molecule has 0 aliphatic carbocycles. The van der Waals surface area contributed by atoms with Gasteiger partial charge in [-0.1, -0.05) is 6.92 Å². The molecule has 0 unspecified atom stereocenters. The van der Waals surface area contributed by atoms with Crippen LogP contribution in [0.2, 0.25) is 0 Å². The Morgan fingerprint density at radius 1 is 1.19 bits per heavy atom. The third kappa shape index (κ3) is 3.68. The van der Waals surface area contributed by atoms with Crippen LogP contribution < -0.4 is 14.2 Å². The summed E-state index contributed by atoms with van der Waals surface area (Å²) in [6.45, 7) is 2.63. The van der Waals surface area contributed by atoms with E-state index in [0.717, 1.165) is 0 Å². The maximum Gasteiger partial charge on any atom is 0.373 e. The second kappa shape index (κ2) is 7.38. The molecular weight excluding hydrogens is 362 g/mol. The third-order valence-corrected chi connectivity index (χ3v) is 5.28. The molecule has 2 heterocycles. The summed E-state index contributed by atoms with van der Waals surface area (Å²) in [7, 11) is -2.53. The van der Waals surface area contributed by atoms with Crippen LogP contribution in [-0.4, -0.2) is 34.7 Å². The number of rotatable bonds is 6. The largest absolute Gasteiger partial charge is 0.486 e. The number of hydrogen-bond acceptors (Lipinski definition) is 7. The number of benzene rings is 1. The van der Waals surface area contributed by atoms with Crippen LogP contribution in [-0.2, 0) is 27.7 Å². The first-order valence-corrected chi connectivity index (χ1v) is 9.52. The summed E-state index contributed by atoms with van der Waals surface area (Å²) in [6.07, 6.45) is 0.512. The number of carbonyl (C=O) groups excluding carboxylic acids is 1. The number of esters is 1. The van der Waals surface area contributed by atoms with Crippen LogP contribution in [0.15, 0.2) is 33.6 Å². The first-order chi connectivity index (χ1) is 12.4. The summed E-state index contributed by atoms with van der Waals surface area (Å²) in [5, 5.41) is 0. The minimum absolute atomic E-state index is 0.0134. The van der Waals surface area contributed by atoms with Gasteiger partial charge in [0.15, 0.2) is 11.5 Å². The van der Waals surface area contributed by atoms with Gasteiger partial charge in [0.1, 0.15) is 19.0 Å². The van der Waals surface area contributed by atoms with Gasteiger partial charge in [-0.3, -0.25) is 0 Å². The van der Waals surface area contributed by atoms with E-state index in [-0.39, 0.29) is 17.2 Å². The van der Waals surface area contributed by atoms with Gasteiger partial charge in [0, 0.05) is 24.6 Å². The maximum absolute atomic E-state index is 12.6. The molecule has 0 spiro atoms. The molecule has 26 heavy (non-hydrogen) atoms. The standard InChI is InChI=1S/C17H19NO7S/c1-3-13-11(8-16(25-13)17(19)22-2)10-18-26(20,21)12-4-5-14-15(9-12)24-7-6-23-14/h4-5,8-9,18H,3,6-7,10H2,1-2H3. The molecule has 0 amide bonds. The fraction of sp³-hybridized carbons (Fsp3) is 0.353. The Bertz CT molecular complexity index is 917. The van der Waals surface area contributed by atoms with Gasteiger partial charge in [-0.05, 0) is 18.2 Å². The molecule has 0 saturated carbocycles. The van der Waals surface area contributed by atoms with Gasteiger partial charge in [0.25, 0.3) is 0 Å². The van der Waals surface area contributed by atoms with Crippen molar-refractivity contribution in [2.75, 3.05) is 20.3 Å². The molecule has 0 bridgehead atoms. The Labute approximate surface area is 151 Å². The number of ether oxygens (including phenoxy) is 3. The highest BCUT2D eigenvalue weighted by molar-refractivity contribution is 7.89. The van der Waals surface area contributed by atoms with Crippen molar-refractivity contribution in [3.63, 3.8) is 0 Å². The highest BCUT2D eigenvalue weighted by atomic mass is 32.2. The molecule has 0 atom stereocenters. The number of carbonyl (C=O) groups is 1. The fourth-order valence-corrected chi connectivity index (χ4v) is 3.59. The Morgan fingerprint density at radius 2 is 1.92 bits per heavy atom. The van der Waals surface area contributed by atoms with E-state index in [4.69, 9.17) is 13.9 Å². The Hall–Kier alpha value is -2.52. The van der Waals surface area contributed by atoms with Crippen molar-refractivity contribution in [3.8, 4) is 11.5 Å². The first kappa shape index (κ1) is 18.3. The summed E-state index contributed by atoms with van der Waals surface area (Å²) < 4.78 is 48.5. The quantitative estimate of drug-likeness (QED) is 0.762.